The van der Waals surface area contributed by atoms with E-state index in [4.69, 9.17) is 24.4 Å². The van der Waals surface area contributed by atoms with Crippen molar-refractivity contribution in [1.82, 2.24) is 9.80 Å². The van der Waals surface area contributed by atoms with Crippen LogP contribution in [0.25, 0.3) is 0 Å². The number of hydrogen-bond acceptors (Lipinski definition) is 2. The van der Waals surface area contributed by atoms with E-state index in [0.717, 1.165) is 48.2 Å². The topological polar surface area (TPSA) is 30.5 Å². The molecule has 0 aromatic heterocycles. The van der Waals surface area contributed by atoms with Crippen LogP contribution in [-0.4, -0.2) is 46.2 Å². The van der Waals surface area contributed by atoms with Gasteiger partial charge in [-0.2, -0.15) is 0 Å². The summed E-state index contributed by atoms with van der Waals surface area (Å²) < 4.78 is 0. The maximum atomic E-state index is 5.76. The molecule has 2 saturated heterocycles. The Labute approximate surface area is 235 Å². The number of rotatable bonds is 6. The summed E-state index contributed by atoms with van der Waals surface area (Å²) in [5.41, 5.74) is 7.35. The lowest BCUT2D eigenvalue weighted by atomic mass is 9.87. The van der Waals surface area contributed by atoms with Gasteiger partial charge in [0, 0.05) is 37.6 Å². The average Bonchev–Trinajstić information content (AvgIpc) is 2.89. The first-order chi connectivity index (χ1) is 17.8. The van der Waals surface area contributed by atoms with Gasteiger partial charge in [0.15, 0.2) is 10.2 Å². The molecule has 2 aromatic carbocycles. The van der Waals surface area contributed by atoms with Gasteiger partial charge in [-0.25, -0.2) is 0 Å². The van der Waals surface area contributed by atoms with Crippen LogP contribution < -0.4 is 10.6 Å². The Kier molecular flexibility index (Phi) is 9.83. The largest absolute Gasteiger partial charge is 0.349 e. The van der Waals surface area contributed by atoms with Gasteiger partial charge in [0.05, 0.1) is 0 Å². The quantitative estimate of drug-likeness (QED) is 0.370. The molecule has 0 unspecified atom stereocenters. The maximum Gasteiger partial charge on any atom is 0.173 e. The molecule has 0 saturated carbocycles. The minimum atomic E-state index is 0.841. The highest BCUT2D eigenvalue weighted by molar-refractivity contribution is 7.80. The number of nitrogens with zero attached hydrogens (tertiary/aromatic N) is 2. The summed E-state index contributed by atoms with van der Waals surface area (Å²) in [6.45, 7) is 12.9. The standard InChI is InChI=1S/C31H44N4S2/c1-22-8-5-9-23(2)28(22)32-30(36)34-18-14-26(15-19-34)12-7-13-27-16-20-35(21-17-27)31(37)33-29-24(3)10-6-11-25(29)4/h5-6,8-11,26-27H,7,12-21H2,1-4H3,(H,32,36)(H,33,37). The molecule has 0 aliphatic carbocycles. The fourth-order valence-corrected chi connectivity index (χ4v) is 6.51. The van der Waals surface area contributed by atoms with E-state index in [2.05, 4.69) is 84.5 Å². The van der Waals surface area contributed by atoms with E-state index in [0.29, 0.717) is 0 Å². The van der Waals surface area contributed by atoms with Gasteiger partial charge in [0.1, 0.15) is 0 Å². The zero-order chi connectivity index (χ0) is 26.4. The second-order valence-corrected chi connectivity index (χ2v) is 12.0. The molecule has 2 aliphatic rings. The molecule has 0 bridgehead atoms. The average molecular weight is 537 g/mol. The van der Waals surface area contributed by atoms with Crippen LogP contribution in [-0.2, 0) is 0 Å². The molecular formula is C31H44N4S2. The molecule has 2 heterocycles. The molecule has 0 spiro atoms. The van der Waals surface area contributed by atoms with Gasteiger partial charge in [-0.15, -0.1) is 0 Å². The molecule has 4 nitrogen and oxygen atoms in total. The molecule has 4 rings (SSSR count). The van der Waals surface area contributed by atoms with Crippen LogP contribution in [0.5, 0.6) is 0 Å². The number of para-hydroxylation sites is 2. The van der Waals surface area contributed by atoms with Crippen molar-refractivity contribution >= 4 is 46.0 Å². The Balaban J connectivity index is 1.12. The fraction of sp³-hybridized carbons (Fsp3) is 0.548. The summed E-state index contributed by atoms with van der Waals surface area (Å²) in [4.78, 5) is 4.73. The predicted molar refractivity (Wildman–Crippen MR) is 167 cm³/mol. The summed E-state index contributed by atoms with van der Waals surface area (Å²) in [5, 5.41) is 8.80. The number of piperidine rings is 2. The zero-order valence-corrected chi connectivity index (χ0v) is 24.7. The third kappa shape index (κ3) is 7.44. The van der Waals surface area contributed by atoms with Crippen LogP contribution >= 0.6 is 24.4 Å². The Morgan fingerprint density at radius 1 is 0.649 bits per heavy atom. The number of nitrogens with one attached hydrogen (secondary N) is 2. The maximum absolute atomic E-state index is 5.76. The third-order valence-electron chi connectivity index (χ3n) is 8.45. The highest BCUT2D eigenvalue weighted by Crippen LogP contribution is 2.29. The van der Waals surface area contributed by atoms with Crippen molar-refractivity contribution in [2.75, 3.05) is 36.8 Å². The van der Waals surface area contributed by atoms with Gasteiger partial charge in [0.25, 0.3) is 0 Å². The second kappa shape index (κ2) is 13.1. The van der Waals surface area contributed by atoms with Crippen molar-refractivity contribution in [3.05, 3.63) is 58.7 Å². The summed E-state index contributed by atoms with van der Waals surface area (Å²) in [5.74, 6) is 1.68. The molecule has 200 valence electrons. The first kappa shape index (κ1) is 27.8. The second-order valence-electron chi connectivity index (χ2n) is 11.2. The van der Waals surface area contributed by atoms with Crippen LogP contribution in [0.2, 0.25) is 0 Å². The number of aryl methyl sites for hydroxylation is 4. The van der Waals surface area contributed by atoms with Crippen molar-refractivity contribution in [2.24, 2.45) is 11.8 Å². The first-order valence-electron chi connectivity index (χ1n) is 14.1. The first-order valence-corrected chi connectivity index (χ1v) is 14.9. The Bertz CT molecular complexity index is 957. The number of likely N-dealkylation sites (tertiary alicyclic amines) is 2. The van der Waals surface area contributed by atoms with Crippen molar-refractivity contribution in [3.8, 4) is 0 Å². The number of thiocarbonyl (C=S) groups is 2. The summed E-state index contributed by atoms with van der Waals surface area (Å²) in [6, 6.07) is 12.8. The Hall–Kier alpha value is -2.18. The van der Waals surface area contributed by atoms with Crippen LogP contribution in [0.1, 0.15) is 67.2 Å². The van der Waals surface area contributed by atoms with Crippen molar-refractivity contribution in [1.29, 1.82) is 0 Å². The normalized spacial score (nSPS) is 17.1. The van der Waals surface area contributed by atoms with E-state index in [9.17, 15) is 0 Å². The Morgan fingerprint density at radius 2 is 0.973 bits per heavy atom. The van der Waals surface area contributed by atoms with Crippen molar-refractivity contribution in [2.45, 2.75) is 72.6 Å². The van der Waals surface area contributed by atoms with Crippen LogP contribution in [0, 0.1) is 39.5 Å². The molecule has 0 amide bonds. The van der Waals surface area contributed by atoms with Gasteiger partial charge < -0.3 is 20.4 Å². The van der Waals surface area contributed by atoms with E-state index < -0.39 is 0 Å². The van der Waals surface area contributed by atoms with E-state index in [1.165, 1.54) is 78.6 Å². The van der Waals surface area contributed by atoms with Crippen LogP contribution in [0.3, 0.4) is 0 Å². The predicted octanol–water partition coefficient (Wildman–Crippen LogP) is 7.61. The van der Waals surface area contributed by atoms with E-state index >= 15 is 0 Å². The molecule has 2 aliphatic heterocycles. The van der Waals surface area contributed by atoms with Gasteiger partial charge >= 0.3 is 0 Å². The third-order valence-corrected chi connectivity index (χ3v) is 9.17. The number of hydrogen-bond donors (Lipinski definition) is 2. The van der Waals surface area contributed by atoms with E-state index in [1.54, 1.807) is 0 Å². The van der Waals surface area contributed by atoms with Crippen molar-refractivity contribution in [3.63, 3.8) is 0 Å². The number of benzene rings is 2. The zero-order valence-electron chi connectivity index (χ0n) is 23.1. The van der Waals surface area contributed by atoms with Crippen LogP contribution in [0.4, 0.5) is 11.4 Å². The van der Waals surface area contributed by atoms with Gasteiger partial charge in [-0.1, -0.05) is 55.7 Å². The molecule has 6 heteroatoms. The van der Waals surface area contributed by atoms with Crippen molar-refractivity contribution < 1.29 is 0 Å². The molecule has 2 aromatic rings. The Morgan fingerprint density at radius 3 is 1.30 bits per heavy atom. The lowest BCUT2D eigenvalue weighted by Crippen LogP contribution is -2.41. The van der Waals surface area contributed by atoms with Gasteiger partial charge in [-0.3, -0.25) is 0 Å². The van der Waals surface area contributed by atoms with Gasteiger partial charge in [0.2, 0.25) is 0 Å². The molecule has 2 N–H and O–H groups in total. The molecule has 0 radical (unpaired) electrons. The molecular weight excluding hydrogens is 493 g/mol. The summed E-state index contributed by atoms with van der Waals surface area (Å²) >= 11 is 11.5. The fourth-order valence-electron chi connectivity index (χ4n) is 5.94. The monoisotopic (exact) mass is 536 g/mol. The number of anilines is 2. The van der Waals surface area contributed by atoms with E-state index in [-0.39, 0.29) is 0 Å². The lowest BCUT2D eigenvalue weighted by molar-refractivity contribution is 0.229. The molecule has 2 fully saturated rings. The lowest BCUT2D eigenvalue weighted by Gasteiger charge is -2.35. The molecule has 37 heavy (non-hydrogen) atoms. The minimum Gasteiger partial charge on any atom is -0.349 e. The van der Waals surface area contributed by atoms with Crippen LogP contribution in [0.15, 0.2) is 36.4 Å². The van der Waals surface area contributed by atoms with Gasteiger partial charge in [-0.05, 0) is 112 Å². The minimum absolute atomic E-state index is 0.841. The highest BCUT2D eigenvalue weighted by Gasteiger charge is 2.24. The van der Waals surface area contributed by atoms with E-state index in [1.807, 2.05) is 0 Å². The smallest absolute Gasteiger partial charge is 0.173 e. The SMILES string of the molecule is Cc1cccc(C)c1NC(=S)N1CCC(CCCC2CCN(C(=S)Nc3c(C)cccc3C)CC2)CC1. The summed E-state index contributed by atoms with van der Waals surface area (Å²) in [7, 11) is 0. The summed E-state index contributed by atoms with van der Waals surface area (Å²) in [6.07, 6.45) is 9.09. The highest BCUT2D eigenvalue weighted by atomic mass is 32.1. The molecule has 0 atom stereocenters.